The summed E-state index contributed by atoms with van der Waals surface area (Å²) < 4.78 is 5.50. The van der Waals surface area contributed by atoms with Gasteiger partial charge in [0, 0.05) is 41.9 Å². The van der Waals surface area contributed by atoms with Gasteiger partial charge < -0.3 is 20.1 Å². The van der Waals surface area contributed by atoms with Crippen LogP contribution in [0.25, 0.3) is 22.6 Å². The van der Waals surface area contributed by atoms with Crippen molar-refractivity contribution >= 4 is 17.4 Å². The largest absolute Gasteiger partial charge is 0.392 e. The molecule has 0 atom stereocenters. The first-order valence-corrected chi connectivity index (χ1v) is 10.9. The highest BCUT2D eigenvalue weighted by atomic mass is 16.5. The average molecular weight is 433 g/mol. The number of carbonyl (C=O) groups excluding carboxylic acids is 1. The van der Waals surface area contributed by atoms with Gasteiger partial charge in [-0.2, -0.15) is 0 Å². The summed E-state index contributed by atoms with van der Waals surface area (Å²) in [5.41, 5.74) is 4.16. The maximum absolute atomic E-state index is 12.0. The zero-order valence-corrected chi connectivity index (χ0v) is 18.4. The van der Waals surface area contributed by atoms with Crippen molar-refractivity contribution in [1.29, 1.82) is 0 Å². The van der Waals surface area contributed by atoms with Crippen LogP contribution >= 0.6 is 0 Å². The van der Waals surface area contributed by atoms with Gasteiger partial charge in [-0.1, -0.05) is 44.2 Å². The molecule has 0 radical (unpaired) electrons. The molecular weight excluding hydrogens is 404 g/mol. The van der Waals surface area contributed by atoms with Gasteiger partial charge in [-0.15, -0.1) is 0 Å². The molecule has 2 heterocycles. The first-order valence-electron chi connectivity index (χ1n) is 10.9. The molecule has 0 spiro atoms. The number of aliphatic hydroxyl groups excluding tert-OH is 1. The van der Waals surface area contributed by atoms with Crippen molar-refractivity contribution in [3.63, 3.8) is 0 Å². The van der Waals surface area contributed by atoms with E-state index in [1.54, 1.807) is 0 Å². The summed E-state index contributed by atoms with van der Waals surface area (Å²) in [5.74, 6) is 1.36. The average Bonchev–Trinajstić information content (AvgIpc) is 2.84. The van der Waals surface area contributed by atoms with Crippen molar-refractivity contribution in [3.05, 3.63) is 60.2 Å². The number of hydrogen-bond acceptors (Lipinski definition) is 6. The molecule has 166 valence electrons. The van der Waals surface area contributed by atoms with Gasteiger partial charge in [-0.25, -0.2) is 9.97 Å². The Morgan fingerprint density at radius 2 is 1.81 bits per heavy atom. The van der Waals surface area contributed by atoms with E-state index in [-0.39, 0.29) is 18.4 Å². The lowest BCUT2D eigenvalue weighted by atomic mass is 10.1. The minimum atomic E-state index is -0.0788. The number of benzene rings is 2. The molecule has 1 saturated heterocycles. The van der Waals surface area contributed by atoms with Gasteiger partial charge in [0.1, 0.15) is 5.82 Å². The van der Waals surface area contributed by atoms with Crippen molar-refractivity contribution in [1.82, 2.24) is 9.97 Å². The minimum absolute atomic E-state index is 0.0135. The molecule has 1 fully saturated rings. The van der Waals surface area contributed by atoms with Gasteiger partial charge in [-0.3, -0.25) is 4.79 Å². The number of nitrogens with one attached hydrogen (secondary N) is 1. The van der Waals surface area contributed by atoms with Crippen LogP contribution < -0.4 is 10.2 Å². The van der Waals surface area contributed by atoms with Crippen LogP contribution in [0.5, 0.6) is 0 Å². The molecule has 7 nitrogen and oxygen atoms in total. The van der Waals surface area contributed by atoms with E-state index in [0.29, 0.717) is 19.0 Å². The summed E-state index contributed by atoms with van der Waals surface area (Å²) in [6, 6.07) is 17.3. The molecule has 4 rings (SSSR count). The third kappa shape index (κ3) is 5.12. The van der Waals surface area contributed by atoms with Gasteiger partial charge in [-0.05, 0) is 23.8 Å². The zero-order chi connectivity index (χ0) is 22.5. The molecule has 3 aromatic rings. The van der Waals surface area contributed by atoms with Crippen molar-refractivity contribution < 1.29 is 14.6 Å². The van der Waals surface area contributed by atoms with Crippen LogP contribution in [0, 0.1) is 5.92 Å². The van der Waals surface area contributed by atoms with E-state index in [0.717, 1.165) is 47.0 Å². The first kappa shape index (κ1) is 21.9. The summed E-state index contributed by atoms with van der Waals surface area (Å²) in [6.45, 7) is 6.57. The third-order valence-electron chi connectivity index (χ3n) is 5.39. The molecule has 1 amide bonds. The Morgan fingerprint density at radius 1 is 1.06 bits per heavy atom. The maximum Gasteiger partial charge on any atom is 0.226 e. The summed E-state index contributed by atoms with van der Waals surface area (Å²) in [4.78, 5) is 23.8. The van der Waals surface area contributed by atoms with Gasteiger partial charge >= 0.3 is 0 Å². The number of hydrogen-bond donors (Lipinski definition) is 2. The van der Waals surface area contributed by atoms with Crippen LogP contribution in [0.4, 0.5) is 11.5 Å². The molecule has 0 saturated carbocycles. The number of carbonyl (C=O) groups is 1. The lowest BCUT2D eigenvalue weighted by Crippen LogP contribution is -2.36. The normalized spacial score (nSPS) is 13.9. The van der Waals surface area contributed by atoms with Crippen molar-refractivity contribution in [2.45, 2.75) is 20.5 Å². The number of ether oxygens (including phenoxy) is 1. The smallest absolute Gasteiger partial charge is 0.226 e. The van der Waals surface area contributed by atoms with E-state index in [1.807, 2.05) is 68.4 Å². The van der Waals surface area contributed by atoms with E-state index in [1.165, 1.54) is 0 Å². The van der Waals surface area contributed by atoms with E-state index >= 15 is 0 Å². The molecule has 32 heavy (non-hydrogen) atoms. The fourth-order valence-electron chi connectivity index (χ4n) is 3.49. The fraction of sp³-hybridized carbons (Fsp3) is 0.320. The van der Waals surface area contributed by atoms with Crippen LogP contribution in [0.2, 0.25) is 0 Å². The minimum Gasteiger partial charge on any atom is -0.392 e. The summed E-state index contributed by atoms with van der Waals surface area (Å²) in [5, 5.41) is 12.4. The van der Waals surface area contributed by atoms with Gasteiger partial charge in [0.2, 0.25) is 5.91 Å². The second kappa shape index (κ2) is 9.89. The van der Waals surface area contributed by atoms with Crippen molar-refractivity contribution in [2.24, 2.45) is 5.92 Å². The summed E-state index contributed by atoms with van der Waals surface area (Å²) in [7, 11) is 0. The van der Waals surface area contributed by atoms with Gasteiger partial charge in [0.05, 0.1) is 25.5 Å². The number of morpholine rings is 1. The lowest BCUT2D eigenvalue weighted by molar-refractivity contribution is -0.118. The Labute approximate surface area is 188 Å². The van der Waals surface area contributed by atoms with Gasteiger partial charge in [0.25, 0.3) is 0 Å². The molecule has 0 unspecified atom stereocenters. The van der Waals surface area contributed by atoms with Crippen LogP contribution in [0.1, 0.15) is 19.4 Å². The first-order chi connectivity index (χ1) is 15.5. The maximum atomic E-state index is 12.0. The Kier molecular flexibility index (Phi) is 6.78. The number of anilines is 2. The van der Waals surface area contributed by atoms with E-state index < -0.39 is 0 Å². The predicted molar refractivity (Wildman–Crippen MR) is 125 cm³/mol. The van der Waals surface area contributed by atoms with Gasteiger partial charge in [0.15, 0.2) is 5.82 Å². The molecule has 2 aromatic carbocycles. The van der Waals surface area contributed by atoms with Crippen molar-refractivity contribution in [3.8, 4) is 22.6 Å². The van der Waals surface area contributed by atoms with Crippen LogP contribution in [-0.2, 0) is 16.1 Å². The number of aliphatic hydroxyl groups is 1. The molecule has 7 heteroatoms. The molecule has 0 aliphatic carbocycles. The lowest BCUT2D eigenvalue weighted by Gasteiger charge is -2.28. The summed E-state index contributed by atoms with van der Waals surface area (Å²) in [6.07, 6.45) is 0. The van der Waals surface area contributed by atoms with Crippen LogP contribution in [0.3, 0.4) is 0 Å². The highest BCUT2D eigenvalue weighted by Gasteiger charge is 2.17. The SMILES string of the molecule is CC(C)C(=O)Nc1ccc(-c2cc(N3CCOCC3)nc(-c3cccc(CO)c3)n2)cc1. The summed E-state index contributed by atoms with van der Waals surface area (Å²) >= 11 is 0. The second-order valence-electron chi connectivity index (χ2n) is 8.11. The Bertz CT molecular complexity index is 1080. The quantitative estimate of drug-likeness (QED) is 0.617. The van der Waals surface area contributed by atoms with Crippen LogP contribution in [0.15, 0.2) is 54.6 Å². The molecule has 1 aliphatic heterocycles. The highest BCUT2D eigenvalue weighted by molar-refractivity contribution is 5.92. The molecule has 2 N–H and O–H groups in total. The Hall–Kier alpha value is -3.29. The van der Waals surface area contributed by atoms with E-state index in [4.69, 9.17) is 14.7 Å². The number of amides is 1. The topological polar surface area (TPSA) is 87.6 Å². The monoisotopic (exact) mass is 432 g/mol. The van der Waals surface area contributed by atoms with E-state index in [9.17, 15) is 9.90 Å². The Balaban J connectivity index is 1.71. The van der Waals surface area contributed by atoms with Crippen LogP contribution in [-0.4, -0.2) is 47.3 Å². The number of nitrogens with zero attached hydrogens (tertiary/aromatic N) is 3. The standard InChI is InChI=1S/C25H28N4O3/c1-17(2)25(31)26-21-8-6-19(7-9-21)22-15-23(29-10-12-32-13-11-29)28-24(27-22)20-5-3-4-18(14-20)16-30/h3-9,14-15,17,30H,10-13,16H2,1-2H3,(H,26,31). The molecule has 0 bridgehead atoms. The molecule has 1 aliphatic rings. The number of rotatable bonds is 6. The third-order valence-corrected chi connectivity index (χ3v) is 5.39. The van der Waals surface area contributed by atoms with E-state index in [2.05, 4.69) is 10.2 Å². The Morgan fingerprint density at radius 3 is 2.50 bits per heavy atom. The number of aromatic nitrogens is 2. The second-order valence-corrected chi connectivity index (χ2v) is 8.11. The zero-order valence-electron chi connectivity index (χ0n) is 18.4. The highest BCUT2D eigenvalue weighted by Crippen LogP contribution is 2.28. The fourth-order valence-corrected chi connectivity index (χ4v) is 3.49. The molecule has 1 aromatic heterocycles. The van der Waals surface area contributed by atoms with Crippen molar-refractivity contribution in [2.75, 3.05) is 36.5 Å². The molecular formula is C25H28N4O3. The predicted octanol–water partition coefficient (Wildman–Crippen LogP) is 3.73.